The van der Waals surface area contributed by atoms with E-state index in [1.165, 1.54) is 11.1 Å². The van der Waals surface area contributed by atoms with Gasteiger partial charge in [0.05, 0.1) is 6.33 Å². The molecule has 164 valence electrons. The molecule has 0 radical (unpaired) electrons. The summed E-state index contributed by atoms with van der Waals surface area (Å²) < 4.78 is 2.05. The van der Waals surface area contributed by atoms with Crippen molar-refractivity contribution >= 4 is 35.8 Å². The van der Waals surface area contributed by atoms with E-state index in [9.17, 15) is 4.79 Å². The van der Waals surface area contributed by atoms with E-state index in [4.69, 9.17) is 0 Å². The van der Waals surface area contributed by atoms with Crippen molar-refractivity contribution < 1.29 is 4.79 Å². The van der Waals surface area contributed by atoms with Crippen LogP contribution in [0.15, 0.2) is 72.2 Å². The summed E-state index contributed by atoms with van der Waals surface area (Å²) in [7, 11) is 5.26. The van der Waals surface area contributed by atoms with Crippen molar-refractivity contribution in [1.82, 2.24) is 25.1 Å². The van der Waals surface area contributed by atoms with Crippen LogP contribution in [0.3, 0.4) is 0 Å². The molecule has 0 spiro atoms. The van der Waals surface area contributed by atoms with Crippen molar-refractivity contribution in [3.8, 4) is 0 Å². The average molecular weight is 532 g/mol. The van der Waals surface area contributed by atoms with Crippen molar-refractivity contribution in [2.75, 3.05) is 21.1 Å². The molecule has 2 N–H and O–H groups in total. The van der Waals surface area contributed by atoms with Gasteiger partial charge in [0.15, 0.2) is 5.96 Å². The SMILES string of the molecule is CN=C(NCc1ccc(C(=O)N(C)C)cc1)NCc1cccc(Cn2ccnc2)c1.I. The van der Waals surface area contributed by atoms with Gasteiger partial charge in [0.1, 0.15) is 0 Å². The lowest BCUT2D eigenvalue weighted by atomic mass is 10.1. The molecule has 7 nitrogen and oxygen atoms in total. The van der Waals surface area contributed by atoms with E-state index in [1.54, 1.807) is 32.2 Å². The van der Waals surface area contributed by atoms with Crippen LogP contribution >= 0.6 is 24.0 Å². The van der Waals surface area contributed by atoms with Crippen LogP contribution in [0.2, 0.25) is 0 Å². The zero-order chi connectivity index (χ0) is 21.3. The first-order chi connectivity index (χ1) is 14.5. The fraction of sp³-hybridized carbons (Fsp3) is 0.261. The van der Waals surface area contributed by atoms with Crippen LogP contribution in [0, 0.1) is 0 Å². The predicted molar refractivity (Wildman–Crippen MR) is 135 cm³/mol. The Morgan fingerprint density at radius 1 is 1.03 bits per heavy atom. The Labute approximate surface area is 200 Å². The van der Waals surface area contributed by atoms with Crippen LogP contribution < -0.4 is 10.6 Å². The van der Waals surface area contributed by atoms with Crippen molar-refractivity contribution in [3.05, 3.63) is 89.5 Å². The van der Waals surface area contributed by atoms with Gasteiger partial charge in [-0.2, -0.15) is 0 Å². The van der Waals surface area contributed by atoms with Gasteiger partial charge in [-0.05, 0) is 28.8 Å². The Morgan fingerprint density at radius 3 is 2.32 bits per heavy atom. The molecule has 31 heavy (non-hydrogen) atoms. The first kappa shape index (κ1) is 24.4. The van der Waals surface area contributed by atoms with Crippen molar-refractivity contribution in [2.24, 2.45) is 4.99 Å². The summed E-state index contributed by atoms with van der Waals surface area (Å²) in [6, 6.07) is 16.1. The van der Waals surface area contributed by atoms with Crippen LogP contribution in [0.25, 0.3) is 0 Å². The molecule has 0 saturated carbocycles. The van der Waals surface area contributed by atoms with Crippen LogP contribution in [-0.4, -0.2) is 47.5 Å². The lowest BCUT2D eigenvalue weighted by molar-refractivity contribution is 0.0827. The summed E-state index contributed by atoms with van der Waals surface area (Å²) >= 11 is 0. The summed E-state index contributed by atoms with van der Waals surface area (Å²) in [6.45, 7) is 2.09. The van der Waals surface area contributed by atoms with E-state index in [1.807, 2.05) is 41.4 Å². The highest BCUT2D eigenvalue weighted by Gasteiger charge is 2.07. The number of halogens is 1. The highest BCUT2D eigenvalue weighted by Crippen LogP contribution is 2.08. The largest absolute Gasteiger partial charge is 0.352 e. The van der Waals surface area contributed by atoms with Crippen LogP contribution in [0.1, 0.15) is 27.0 Å². The molecule has 0 aliphatic carbocycles. The maximum atomic E-state index is 12.0. The molecule has 0 aliphatic heterocycles. The van der Waals surface area contributed by atoms with Crippen molar-refractivity contribution in [1.29, 1.82) is 0 Å². The Hall–Kier alpha value is -2.88. The Balaban J connectivity index is 0.00000341. The molecule has 2 aromatic carbocycles. The normalized spacial score (nSPS) is 10.9. The highest BCUT2D eigenvalue weighted by molar-refractivity contribution is 14.0. The summed E-state index contributed by atoms with van der Waals surface area (Å²) in [4.78, 5) is 21.9. The zero-order valence-electron chi connectivity index (χ0n) is 18.1. The van der Waals surface area contributed by atoms with Gasteiger partial charge in [0, 0.05) is 58.7 Å². The molecule has 3 aromatic rings. The predicted octanol–water partition coefficient (Wildman–Crippen LogP) is 3.12. The highest BCUT2D eigenvalue weighted by atomic mass is 127. The minimum Gasteiger partial charge on any atom is -0.352 e. The van der Waals surface area contributed by atoms with Crippen LogP contribution in [0.5, 0.6) is 0 Å². The molecule has 0 unspecified atom stereocenters. The van der Waals surface area contributed by atoms with Gasteiger partial charge in [0.25, 0.3) is 5.91 Å². The molecular weight excluding hydrogens is 503 g/mol. The molecule has 0 fully saturated rings. The Kier molecular flexibility index (Phi) is 9.51. The number of amides is 1. The molecule has 1 amide bonds. The van der Waals surface area contributed by atoms with Crippen LogP contribution in [0.4, 0.5) is 0 Å². The van der Waals surface area contributed by atoms with E-state index < -0.39 is 0 Å². The summed E-state index contributed by atoms with van der Waals surface area (Å²) in [5, 5.41) is 6.66. The number of benzene rings is 2. The molecule has 1 aromatic heterocycles. The van der Waals surface area contributed by atoms with Crippen LogP contribution in [-0.2, 0) is 19.6 Å². The monoisotopic (exact) mass is 532 g/mol. The fourth-order valence-corrected chi connectivity index (χ4v) is 3.04. The van der Waals surface area contributed by atoms with E-state index in [0.29, 0.717) is 18.7 Å². The number of guanidine groups is 1. The quantitative estimate of drug-likeness (QED) is 0.279. The third-order valence-corrected chi connectivity index (χ3v) is 4.67. The average Bonchev–Trinajstić information content (AvgIpc) is 3.27. The number of aliphatic imine (C=N–C) groups is 1. The molecule has 0 bridgehead atoms. The lowest BCUT2D eigenvalue weighted by Gasteiger charge is -2.14. The van der Waals surface area contributed by atoms with E-state index in [-0.39, 0.29) is 29.9 Å². The lowest BCUT2D eigenvalue weighted by Crippen LogP contribution is -2.36. The standard InChI is InChI=1S/C23H28N6O.HI/c1-24-23(26-14-18-7-9-21(10-8-18)22(30)28(2)3)27-15-19-5-4-6-20(13-19)16-29-12-11-25-17-29;/h4-13,17H,14-16H2,1-3H3,(H2,24,26,27);1H. The molecule has 0 saturated heterocycles. The molecule has 8 heteroatoms. The maximum absolute atomic E-state index is 12.0. The third kappa shape index (κ3) is 7.39. The number of hydrogen-bond donors (Lipinski definition) is 2. The second-order valence-electron chi connectivity index (χ2n) is 7.23. The van der Waals surface area contributed by atoms with Gasteiger partial charge in [-0.3, -0.25) is 9.79 Å². The summed E-state index contributed by atoms with van der Waals surface area (Å²) in [6.07, 6.45) is 5.56. The second kappa shape index (κ2) is 12.1. The van der Waals surface area contributed by atoms with Gasteiger partial charge in [0.2, 0.25) is 0 Å². The molecule has 0 aliphatic rings. The zero-order valence-corrected chi connectivity index (χ0v) is 20.4. The van der Waals surface area contributed by atoms with Crippen molar-refractivity contribution in [2.45, 2.75) is 19.6 Å². The van der Waals surface area contributed by atoms with Gasteiger partial charge in [-0.1, -0.05) is 36.4 Å². The number of aromatic nitrogens is 2. The van der Waals surface area contributed by atoms with Gasteiger partial charge in [-0.15, -0.1) is 24.0 Å². The maximum Gasteiger partial charge on any atom is 0.253 e. The first-order valence-electron chi connectivity index (χ1n) is 9.84. The van der Waals surface area contributed by atoms with Gasteiger partial charge in [-0.25, -0.2) is 4.98 Å². The third-order valence-electron chi connectivity index (χ3n) is 4.67. The number of hydrogen-bond acceptors (Lipinski definition) is 3. The van der Waals surface area contributed by atoms with E-state index in [2.05, 4.69) is 44.9 Å². The van der Waals surface area contributed by atoms with Gasteiger partial charge < -0.3 is 20.1 Å². The number of nitrogens with zero attached hydrogens (tertiary/aromatic N) is 4. The molecule has 0 atom stereocenters. The molecular formula is C23H29IN6O. The number of carbonyl (C=O) groups excluding carboxylic acids is 1. The second-order valence-corrected chi connectivity index (χ2v) is 7.23. The minimum atomic E-state index is 0. The number of carbonyl (C=O) groups is 1. The minimum absolute atomic E-state index is 0. The summed E-state index contributed by atoms with van der Waals surface area (Å²) in [5.41, 5.74) is 4.17. The Bertz CT molecular complexity index is 984. The van der Waals surface area contributed by atoms with Gasteiger partial charge >= 0.3 is 0 Å². The first-order valence-corrected chi connectivity index (χ1v) is 9.84. The topological polar surface area (TPSA) is 74.6 Å². The smallest absolute Gasteiger partial charge is 0.253 e. The van der Waals surface area contributed by atoms with E-state index in [0.717, 1.165) is 18.1 Å². The van der Waals surface area contributed by atoms with Crippen molar-refractivity contribution in [3.63, 3.8) is 0 Å². The Morgan fingerprint density at radius 2 is 1.71 bits per heavy atom. The summed E-state index contributed by atoms with van der Waals surface area (Å²) in [5.74, 6) is 0.728. The molecule has 3 rings (SSSR count). The molecule has 1 heterocycles. The fourth-order valence-electron chi connectivity index (χ4n) is 3.04. The van der Waals surface area contributed by atoms with E-state index >= 15 is 0 Å². The number of rotatable bonds is 7. The number of nitrogens with one attached hydrogen (secondary N) is 2. The number of imidazole rings is 1.